The van der Waals surface area contributed by atoms with Crippen LogP contribution < -0.4 is 4.90 Å². The number of anilines is 1. The van der Waals surface area contributed by atoms with Gasteiger partial charge in [-0.1, -0.05) is 0 Å². The van der Waals surface area contributed by atoms with E-state index in [1.807, 2.05) is 12.1 Å². The van der Waals surface area contributed by atoms with Crippen molar-refractivity contribution in [1.82, 2.24) is 0 Å². The van der Waals surface area contributed by atoms with Crippen LogP contribution in [0.15, 0.2) is 18.2 Å². The molecule has 0 aliphatic carbocycles. The van der Waals surface area contributed by atoms with Crippen molar-refractivity contribution in [2.24, 2.45) is 0 Å². The molecular weight excluding hydrogens is 242 g/mol. The third-order valence-electron chi connectivity index (χ3n) is 3.75. The molecule has 1 aliphatic rings. The number of carbonyl (C=O) groups is 1. The van der Waals surface area contributed by atoms with Gasteiger partial charge in [0, 0.05) is 32.0 Å². The Kier molecular flexibility index (Phi) is 4.43. The minimum atomic E-state index is -0.854. The molecule has 0 bridgehead atoms. The van der Waals surface area contributed by atoms with E-state index >= 15 is 0 Å². The van der Waals surface area contributed by atoms with Crippen molar-refractivity contribution >= 4 is 11.7 Å². The SMILES string of the molecule is COCCC(C)N1CCCc2cc(C(=O)O)ccc21. The minimum absolute atomic E-state index is 0.380. The average molecular weight is 263 g/mol. The van der Waals surface area contributed by atoms with Crippen LogP contribution in [0, 0.1) is 0 Å². The summed E-state index contributed by atoms with van der Waals surface area (Å²) in [5.41, 5.74) is 2.71. The molecule has 1 N–H and O–H groups in total. The summed E-state index contributed by atoms with van der Waals surface area (Å²) in [6.07, 6.45) is 3.02. The molecule has 19 heavy (non-hydrogen) atoms. The number of methoxy groups -OCH3 is 1. The minimum Gasteiger partial charge on any atom is -0.478 e. The van der Waals surface area contributed by atoms with Crippen molar-refractivity contribution in [1.29, 1.82) is 0 Å². The summed E-state index contributed by atoms with van der Waals surface area (Å²) < 4.78 is 5.14. The van der Waals surface area contributed by atoms with Crippen molar-refractivity contribution in [3.05, 3.63) is 29.3 Å². The topological polar surface area (TPSA) is 49.8 Å². The monoisotopic (exact) mass is 263 g/mol. The van der Waals surface area contributed by atoms with E-state index in [1.165, 1.54) is 5.69 Å². The lowest BCUT2D eigenvalue weighted by atomic mass is 9.97. The van der Waals surface area contributed by atoms with Gasteiger partial charge < -0.3 is 14.7 Å². The standard InChI is InChI=1S/C15H21NO3/c1-11(7-9-19-2)16-8-3-4-12-10-13(15(17)18)5-6-14(12)16/h5-6,10-11H,3-4,7-9H2,1-2H3,(H,17,18). The Morgan fingerprint density at radius 1 is 1.53 bits per heavy atom. The van der Waals surface area contributed by atoms with Crippen molar-refractivity contribution in [2.45, 2.75) is 32.2 Å². The molecule has 1 atom stereocenters. The zero-order chi connectivity index (χ0) is 13.8. The van der Waals surface area contributed by atoms with Crippen molar-refractivity contribution in [3.8, 4) is 0 Å². The Morgan fingerprint density at radius 3 is 3.00 bits per heavy atom. The van der Waals surface area contributed by atoms with Crippen molar-refractivity contribution in [3.63, 3.8) is 0 Å². The Morgan fingerprint density at radius 2 is 2.32 bits per heavy atom. The fourth-order valence-electron chi connectivity index (χ4n) is 2.66. The number of hydrogen-bond donors (Lipinski definition) is 1. The first-order chi connectivity index (χ1) is 9.13. The Bertz CT molecular complexity index is 459. The second-order valence-electron chi connectivity index (χ2n) is 5.08. The van der Waals surface area contributed by atoms with E-state index in [4.69, 9.17) is 9.84 Å². The van der Waals surface area contributed by atoms with Gasteiger partial charge in [-0.15, -0.1) is 0 Å². The van der Waals surface area contributed by atoms with Crippen LogP contribution >= 0.6 is 0 Å². The Hall–Kier alpha value is -1.55. The number of carboxylic acid groups (broad SMARTS) is 1. The number of benzene rings is 1. The number of hydrogen-bond acceptors (Lipinski definition) is 3. The molecule has 0 radical (unpaired) electrons. The van der Waals surface area contributed by atoms with Gasteiger partial charge >= 0.3 is 5.97 Å². The third-order valence-corrected chi connectivity index (χ3v) is 3.75. The third kappa shape index (κ3) is 3.07. The highest BCUT2D eigenvalue weighted by molar-refractivity contribution is 5.88. The molecule has 1 aliphatic heterocycles. The van der Waals surface area contributed by atoms with Crippen molar-refractivity contribution in [2.75, 3.05) is 25.2 Å². The van der Waals surface area contributed by atoms with Gasteiger partial charge in [0.25, 0.3) is 0 Å². The summed E-state index contributed by atoms with van der Waals surface area (Å²) in [6, 6.07) is 5.87. The maximum atomic E-state index is 11.0. The molecule has 0 amide bonds. The van der Waals surface area contributed by atoms with Gasteiger partial charge in [0.05, 0.1) is 5.56 Å². The van der Waals surface area contributed by atoms with Crippen LogP contribution in [-0.4, -0.2) is 37.4 Å². The highest BCUT2D eigenvalue weighted by Gasteiger charge is 2.22. The van der Waals surface area contributed by atoms with Gasteiger partial charge in [-0.05, 0) is 49.9 Å². The highest BCUT2D eigenvalue weighted by Crippen LogP contribution is 2.30. The number of aryl methyl sites for hydroxylation is 1. The molecule has 1 unspecified atom stereocenters. The lowest BCUT2D eigenvalue weighted by Crippen LogP contribution is -2.38. The first-order valence-corrected chi connectivity index (χ1v) is 6.75. The number of carboxylic acids is 1. The lowest BCUT2D eigenvalue weighted by Gasteiger charge is -2.36. The molecular formula is C15H21NO3. The molecule has 0 saturated carbocycles. The van der Waals surface area contributed by atoms with Gasteiger partial charge in [0.15, 0.2) is 0 Å². The van der Waals surface area contributed by atoms with Crippen LogP contribution in [0.3, 0.4) is 0 Å². The van der Waals surface area contributed by atoms with Crippen LogP contribution in [0.25, 0.3) is 0 Å². The van der Waals surface area contributed by atoms with E-state index in [0.717, 1.165) is 38.0 Å². The molecule has 0 spiro atoms. The van der Waals surface area contributed by atoms with Crippen LogP contribution in [0.4, 0.5) is 5.69 Å². The number of rotatable bonds is 5. The van der Waals surface area contributed by atoms with E-state index in [9.17, 15) is 4.79 Å². The number of nitrogens with zero attached hydrogens (tertiary/aromatic N) is 1. The van der Waals surface area contributed by atoms with E-state index in [1.54, 1.807) is 13.2 Å². The quantitative estimate of drug-likeness (QED) is 0.887. The Balaban J connectivity index is 2.22. The van der Waals surface area contributed by atoms with E-state index in [0.29, 0.717) is 11.6 Å². The molecule has 0 saturated heterocycles. The summed E-state index contributed by atoms with van der Waals surface area (Å²) in [5.74, 6) is -0.854. The largest absolute Gasteiger partial charge is 0.478 e. The molecule has 104 valence electrons. The fourth-order valence-corrected chi connectivity index (χ4v) is 2.66. The second kappa shape index (κ2) is 6.06. The first kappa shape index (κ1) is 13.9. The predicted molar refractivity (Wildman–Crippen MR) is 75.0 cm³/mol. The van der Waals surface area contributed by atoms with Gasteiger partial charge in [-0.25, -0.2) is 4.79 Å². The number of fused-ring (bicyclic) bond motifs is 1. The van der Waals surface area contributed by atoms with Gasteiger partial charge in [0.1, 0.15) is 0 Å². The summed E-state index contributed by atoms with van der Waals surface area (Å²) in [7, 11) is 1.72. The van der Waals surface area contributed by atoms with Crippen LogP contribution in [0.5, 0.6) is 0 Å². The van der Waals surface area contributed by atoms with Gasteiger partial charge in [0.2, 0.25) is 0 Å². The first-order valence-electron chi connectivity index (χ1n) is 6.75. The number of aromatic carboxylic acids is 1. The smallest absolute Gasteiger partial charge is 0.335 e. The van der Waals surface area contributed by atoms with E-state index < -0.39 is 5.97 Å². The summed E-state index contributed by atoms with van der Waals surface area (Å²) in [6.45, 7) is 3.98. The van der Waals surface area contributed by atoms with Crippen LogP contribution in [-0.2, 0) is 11.2 Å². The molecule has 4 heteroatoms. The van der Waals surface area contributed by atoms with Gasteiger partial charge in [-0.2, -0.15) is 0 Å². The molecule has 1 heterocycles. The van der Waals surface area contributed by atoms with Gasteiger partial charge in [-0.3, -0.25) is 0 Å². The average Bonchev–Trinajstić information content (AvgIpc) is 2.43. The molecule has 4 nitrogen and oxygen atoms in total. The molecule has 2 rings (SSSR count). The summed E-state index contributed by atoms with van der Waals surface area (Å²) in [4.78, 5) is 13.4. The zero-order valence-corrected chi connectivity index (χ0v) is 11.6. The molecule has 0 fully saturated rings. The summed E-state index contributed by atoms with van der Waals surface area (Å²) >= 11 is 0. The van der Waals surface area contributed by atoms with E-state index in [-0.39, 0.29) is 0 Å². The molecule has 0 aromatic heterocycles. The predicted octanol–water partition coefficient (Wildman–Crippen LogP) is 2.56. The molecule has 1 aromatic carbocycles. The molecule has 1 aromatic rings. The number of ether oxygens (including phenoxy) is 1. The maximum absolute atomic E-state index is 11.0. The van der Waals surface area contributed by atoms with E-state index in [2.05, 4.69) is 11.8 Å². The zero-order valence-electron chi connectivity index (χ0n) is 11.6. The van der Waals surface area contributed by atoms with Crippen molar-refractivity contribution < 1.29 is 14.6 Å². The maximum Gasteiger partial charge on any atom is 0.335 e. The fraction of sp³-hybridized carbons (Fsp3) is 0.533. The van der Waals surface area contributed by atoms with Crippen LogP contribution in [0.2, 0.25) is 0 Å². The highest BCUT2D eigenvalue weighted by atomic mass is 16.5. The normalized spacial score (nSPS) is 16.0. The summed E-state index contributed by atoms with van der Waals surface area (Å²) in [5, 5.41) is 9.05. The van der Waals surface area contributed by atoms with Crippen LogP contribution in [0.1, 0.15) is 35.7 Å². The second-order valence-corrected chi connectivity index (χ2v) is 5.08. The Labute approximate surface area is 114 Å². The lowest BCUT2D eigenvalue weighted by molar-refractivity contribution is 0.0697.